The van der Waals surface area contributed by atoms with E-state index < -0.39 is 12.0 Å². The molecule has 0 spiro atoms. The molecule has 2 aromatic carbocycles. The van der Waals surface area contributed by atoms with Crippen molar-refractivity contribution in [2.45, 2.75) is 26.3 Å². The Morgan fingerprint density at radius 1 is 1.27 bits per heavy atom. The second-order valence-corrected chi connectivity index (χ2v) is 5.66. The molecule has 0 aliphatic heterocycles. The van der Waals surface area contributed by atoms with Crippen LogP contribution in [0.5, 0.6) is 5.75 Å². The zero-order valence-electron chi connectivity index (χ0n) is 13.1. The summed E-state index contributed by atoms with van der Waals surface area (Å²) in [5, 5.41) is 1.99. The molecule has 2 rings (SSSR count). The van der Waals surface area contributed by atoms with Crippen LogP contribution in [0.3, 0.4) is 0 Å². The van der Waals surface area contributed by atoms with E-state index in [0.717, 1.165) is 10.8 Å². The maximum Gasteiger partial charge on any atom is 0.348 e. The Morgan fingerprint density at radius 3 is 2.68 bits per heavy atom. The summed E-state index contributed by atoms with van der Waals surface area (Å²) < 4.78 is 5.37. The lowest BCUT2D eigenvalue weighted by molar-refractivity contribution is -0.142. The summed E-state index contributed by atoms with van der Waals surface area (Å²) >= 11 is 0. The van der Waals surface area contributed by atoms with Gasteiger partial charge in [-0.1, -0.05) is 38.1 Å². The molecule has 1 atom stereocenters. The fraction of sp³-hybridized carbons (Fsp3) is 0.353. The van der Waals surface area contributed by atoms with E-state index in [4.69, 9.17) is 15.3 Å². The normalized spacial score (nSPS) is 12.2. The van der Waals surface area contributed by atoms with Crippen LogP contribution < -0.4 is 16.0 Å². The van der Waals surface area contributed by atoms with Gasteiger partial charge in [0.2, 0.25) is 0 Å². The predicted molar refractivity (Wildman–Crippen MR) is 87.6 cm³/mol. The van der Waals surface area contributed by atoms with Gasteiger partial charge in [-0.05, 0) is 23.8 Å². The minimum atomic E-state index is -0.630. The van der Waals surface area contributed by atoms with Gasteiger partial charge in [0, 0.05) is 11.5 Å². The molecule has 0 bridgehead atoms. The Labute approximate surface area is 130 Å². The SMILES string of the molecule is COc1cc(NOC(=O)[C@@H](N)CC(C)C)cc2ccccc12. The second-order valence-electron chi connectivity index (χ2n) is 5.66. The molecule has 5 heteroatoms. The van der Waals surface area contributed by atoms with Gasteiger partial charge in [-0.3, -0.25) is 0 Å². The van der Waals surface area contributed by atoms with E-state index in [0.29, 0.717) is 23.8 Å². The van der Waals surface area contributed by atoms with Crippen LogP contribution in [0, 0.1) is 5.92 Å². The molecule has 0 aromatic heterocycles. The number of benzene rings is 2. The molecule has 3 N–H and O–H groups in total. The molecule has 0 aliphatic carbocycles. The van der Waals surface area contributed by atoms with Gasteiger partial charge >= 0.3 is 5.97 Å². The van der Waals surface area contributed by atoms with Gasteiger partial charge < -0.3 is 15.3 Å². The van der Waals surface area contributed by atoms with Crippen LogP contribution in [0.1, 0.15) is 20.3 Å². The van der Waals surface area contributed by atoms with Crippen molar-refractivity contribution in [3.05, 3.63) is 36.4 Å². The number of methoxy groups -OCH3 is 1. The first-order valence-corrected chi connectivity index (χ1v) is 7.30. The summed E-state index contributed by atoms with van der Waals surface area (Å²) in [4.78, 5) is 16.9. The fourth-order valence-electron chi connectivity index (χ4n) is 2.29. The van der Waals surface area contributed by atoms with E-state index in [1.54, 1.807) is 13.2 Å². The van der Waals surface area contributed by atoms with Crippen LogP contribution in [0.4, 0.5) is 5.69 Å². The van der Waals surface area contributed by atoms with E-state index in [1.807, 2.05) is 44.2 Å². The summed E-state index contributed by atoms with van der Waals surface area (Å²) in [5.74, 6) is 0.576. The van der Waals surface area contributed by atoms with E-state index in [1.165, 1.54) is 0 Å². The molecule has 0 aliphatic rings. The van der Waals surface area contributed by atoms with Gasteiger partial charge in [0.25, 0.3) is 0 Å². The number of carbonyl (C=O) groups excluding carboxylic acids is 1. The highest BCUT2D eigenvalue weighted by Gasteiger charge is 2.17. The highest BCUT2D eigenvalue weighted by Crippen LogP contribution is 2.29. The van der Waals surface area contributed by atoms with Crippen molar-refractivity contribution in [2.75, 3.05) is 12.6 Å². The Morgan fingerprint density at radius 2 is 2.00 bits per heavy atom. The fourth-order valence-corrected chi connectivity index (χ4v) is 2.29. The number of hydrogen-bond donors (Lipinski definition) is 2. The largest absolute Gasteiger partial charge is 0.496 e. The Hall–Kier alpha value is -2.27. The van der Waals surface area contributed by atoms with Gasteiger partial charge in [0.1, 0.15) is 11.8 Å². The van der Waals surface area contributed by atoms with Crippen molar-refractivity contribution < 1.29 is 14.4 Å². The molecule has 118 valence electrons. The third-order valence-corrected chi connectivity index (χ3v) is 3.34. The minimum absolute atomic E-state index is 0.336. The van der Waals surface area contributed by atoms with Crippen LogP contribution in [0.15, 0.2) is 36.4 Å². The first-order chi connectivity index (χ1) is 10.5. The zero-order chi connectivity index (χ0) is 16.1. The maximum absolute atomic E-state index is 11.8. The molecule has 22 heavy (non-hydrogen) atoms. The summed E-state index contributed by atoms with van der Waals surface area (Å²) in [6.45, 7) is 4.02. The molecule has 0 amide bonds. The van der Waals surface area contributed by atoms with Crippen LogP contribution >= 0.6 is 0 Å². The number of anilines is 1. The van der Waals surface area contributed by atoms with Crippen molar-refractivity contribution in [3.63, 3.8) is 0 Å². The first kappa shape index (κ1) is 16.1. The molecule has 0 saturated heterocycles. The highest BCUT2D eigenvalue weighted by atomic mass is 16.7. The number of carbonyl (C=O) groups is 1. The second kappa shape index (κ2) is 7.13. The average Bonchev–Trinajstić information content (AvgIpc) is 2.50. The van der Waals surface area contributed by atoms with E-state index >= 15 is 0 Å². The van der Waals surface area contributed by atoms with Crippen molar-refractivity contribution in [2.24, 2.45) is 11.7 Å². The molecular weight excluding hydrogens is 280 g/mol. The third-order valence-electron chi connectivity index (χ3n) is 3.34. The lowest BCUT2D eigenvalue weighted by Crippen LogP contribution is -2.34. The van der Waals surface area contributed by atoms with Crippen LogP contribution in [0.2, 0.25) is 0 Å². The van der Waals surface area contributed by atoms with E-state index in [-0.39, 0.29) is 0 Å². The highest BCUT2D eigenvalue weighted by molar-refractivity contribution is 5.91. The summed E-state index contributed by atoms with van der Waals surface area (Å²) in [7, 11) is 1.61. The summed E-state index contributed by atoms with van der Waals surface area (Å²) in [6.07, 6.45) is 0.585. The topological polar surface area (TPSA) is 73.6 Å². The number of nitrogens with two attached hydrogens (primary N) is 1. The van der Waals surface area contributed by atoms with Crippen LogP contribution in [0.25, 0.3) is 10.8 Å². The number of hydrogen-bond acceptors (Lipinski definition) is 5. The Bertz CT molecular complexity index is 655. The molecule has 0 radical (unpaired) electrons. The van der Waals surface area contributed by atoms with Crippen molar-refractivity contribution in [1.82, 2.24) is 0 Å². The number of fused-ring (bicyclic) bond motifs is 1. The molecule has 0 fully saturated rings. The molecule has 0 heterocycles. The quantitative estimate of drug-likeness (QED) is 0.802. The number of ether oxygens (including phenoxy) is 1. The molecule has 0 unspecified atom stereocenters. The maximum atomic E-state index is 11.8. The lowest BCUT2D eigenvalue weighted by atomic mass is 10.1. The van der Waals surface area contributed by atoms with Gasteiger partial charge in [0.15, 0.2) is 0 Å². The van der Waals surface area contributed by atoms with Gasteiger partial charge in [0.05, 0.1) is 12.8 Å². The van der Waals surface area contributed by atoms with Crippen molar-refractivity contribution >= 4 is 22.4 Å². The molecular formula is C17H22N2O3. The first-order valence-electron chi connectivity index (χ1n) is 7.30. The predicted octanol–water partition coefficient (Wildman–Crippen LogP) is 3.09. The average molecular weight is 302 g/mol. The molecule has 2 aromatic rings. The van der Waals surface area contributed by atoms with Crippen LogP contribution in [-0.2, 0) is 9.63 Å². The monoisotopic (exact) mass is 302 g/mol. The van der Waals surface area contributed by atoms with Crippen molar-refractivity contribution in [3.8, 4) is 5.75 Å². The minimum Gasteiger partial charge on any atom is -0.496 e. The molecule has 5 nitrogen and oxygen atoms in total. The van der Waals surface area contributed by atoms with Gasteiger partial charge in [-0.15, -0.1) is 0 Å². The Kier molecular flexibility index (Phi) is 5.22. The summed E-state index contributed by atoms with van der Waals surface area (Å²) in [6, 6.07) is 10.9. The smallest absolute Gasteiger partial charge is 0.348 e. The Balaban J connectivity index is 2.10. The number of nitrogens with one attached hydrogen (secondary N) is 1. The number of rotatable bonds is 6. The molecule has 0 saturated carbocycles. The zero-order valence-corrected chi connectivity index (χ0v) is 13.1. The van der Waals surface area contributed by atoms with E-state index in [2.05, 4.69) is 5.48 Å². The standard InChI is InChI=1S/C17H22N2O3/c1-11(2)8-15(18)17(20)22-19-13-9-12-6-4-5-7-14(12)16(10-13)21-3/h4-7,9-11,15,19H,8,18H2,1-3H3/t15-/m0/s1. The lowest BCUT2D eigenvalue weighted by Gasteiger charge is -2.15. The van der Waals surface area contributed by atoms with Gasteiger partial charge in [-0.25, -0.2) is 10.3 Å². The van der Waals surface area contributed by atoms with Gasteiger partial charge in [-0.2, -0.15) is 0 Å². The van der Waals surface area contributed by atoms with E-state index in [9.17, 15) is 4.79 Å². The summed E-state index contributed by atoms with van der Waals surface area (Å²) in [5.41, 5.74) is 9.09. The van der Waals surface area contributed by atoms with Crippen molar-refractivity contribution in [1.29, 1.82) is 0 Å². The van der Waals surface area contributed by atoms with Crippen LogP contribution in [-0.4, -0.2) is 19.1 Å². The third kappa shape index (κ3) is 3.89.